The molecule has 0 aliphatic carbocycles. The van der Waals surface area contributed by atoms with Crippen molar-refractivity contribution in [3.05, 3.63) is 181 Å². The molecule has 1 aromatic heterocycles. The second-order valence-electron chi connectivity index (χ2n) is 10.5. The predicted molar refractivity (Wildman–Crippen MR) is 208 cm³/mol. The van der Waals surface area contributed by atoms with Crippen LogP contribution in [0.5, 0.6) is 0 Å². The Hall–Kier alpha value is -6.44. The van der Waals surface area contributed by atoms with E-state index in [0.29, 0.717) is 0 Å². The summed E-state index contributed by atoms with van der Waals surface area (Å²) in [5.74, 6) is 0. The highest BCUT2D eigenvalue weighted by atomic mass is 16.3. The second-order valence-corrected chi connectivity index (χ2v) is 10.5. The van der Waals surface area contributed by atoms with E-state index in [1.54, 1.807) is 0 Å². The Balaban J connectivity index is 1.42. The molecule has 0 spiro atoms. The van der Waals surface area contributed by atoms with Gasteiger partial charge in [-0.05, 0) is 107 Å². The lowest BCUT2D eigenvalue weighted by atomic mass is 9.89. The normalized spacial score (nSPS) is 20.2. The fourth-order valence-electron chi connectivity index (χ4n) is 5.73. The Morgan fingerprint density at radius 3 is 1.33 bits per heavy atom. The maximum atomic E-state index is 9.89. The molecular formula is C48H30O. The average Bonchev–Trinajstić information content (AvgIpc) is 3.94. The molecule has 0 saturated heterocycles. The van der Waals surface area contributed by atoms with Gasteiger partial charge >= 0.3 is 0 Å². The molecule has 9 aromatic carbocycles. The van der Waals surface area contributed by atoms with Crippen LogP contribution in [0.4, 0.5) is 0 Å². The third-order valence-corrected chi connectivity index (χ3v) is 7.82. The Morgan fingerprint density at radius 1 is 0.286 bits per heavy atom. The zero-order valence-electron chi connectivity index (χ0n) is 54.4. The van der Waals surface area contributed by atoms with Crippen molar-refractivity contribution in [1.82, 2.24) is 0 Å². The van der Waals surface area contributed by atoms with Gasteiger partial charge in [0, 0.05) is 10.8 Å². The molecule has 0 saturated carbocycles. The molecule has 1 nitrogen and oxygen atoms in total. The summed E-state index contributed by atoms with van der Waals surface area (Å²) in [4.78, 5) is 0. The van der Waals surface area contributed by atoms with Crippen LogP contribution in [-0.4, -0.2) is 0 Å². The van der Waals surface area contributed by atoms with Gasteiger partial charge in [0.2, 0.25) is 0 Å². The van der Waals surface area contributed by atoms with E-state index in [0.717, 1.165) is 0 Å². The summed E-state index contributed by atoms with van der Waals surface area (Å²) in [6.07, 6.45) is 0. The van der Waals surface area contributed by atoms with Crippen LogP contribution < -0.4 is 0 Å². The smallest absolute Gasteiger partial charge is 0.136 e. The highest BCUT2D eigenvalue weighted by molar-refractivity contribution is 6.26. The maximum absolute atomic E-state index is 9.89. The summed E-state index contributed by atoms with van der Waals surface area (Å²) in [5.41, 5.74) is -7.75. The fourth-order valence-corrected chi connectivity index (χ4v) is 5.73. The molecule has 228 valence electrons. The summed E-state index contributed by atoms with van der Waals surface area (Å²) in [7, 11) is 0. The van der Waals surface area contributed by atoms with Crippen molar-refractivity contribution in [2.45, 2.75) is 0 Å². The molecule has 0 aliphatic heterocycles. The van der Waals surface area contributed by atoms with Crippen molar-refractivity contribution in [3.8, 4) is 44.5 Å². The monoisotopic (exact) mass is 652 g/mol. The first kappa shape index (κ1) is 11.1. The van der Waals surface area contributed by atoms with E-state index >= 15 is 0 Å². The molecule has 0 atom stereocenters. The van der Waals surface area contributed by atoms with Crippen LogP contribution in [0.3, 0.4) is 0 Å². The van der Waals surface area contributed by atoms with Gasteiger partial charge in [-0.25, -0.2) is 0 Å². The van der Waals surface area contributed by atoms with Crippen LogP contribution >= 0.6 is 0 Å². The van der Waals surface area contributed by atoms with Gasteiger partial charge in [0.05, 0.1) is 41.1 Å². The van der Waals surface area contributed by atoms with E-state index in [1.165, 1.54) is 0 Å². The molecule has 0 fully saturated rings. The largest absolute Gasteiger partial charge is 0.456 e. The van der Waals surface area contributed by atoms with Crippen molar-refractivity contribution in [2.24, 2.45) is 0 Å². The Bertz CT molecular complexity index is 4520. The molecule has 1 heteroatoms. The van der Waals surface area contributed by atoms with E-state index in [-0.39, 0.29) is 0 Å². The number of hydrogen-bond acceptors (Lipinski definition) is 1. The lowest BCUT2D eigenvalue weighted by molar-refractivity contribution is 0.669. The quantitative estimate of drug-likeness (QED) is 0.172. The zero-order chi connectivity index (χ0) is 58.4. The first-order chi connectivity index (χ1) is 36.8. The minimum absolute atomic E-state index is 0.573. The minimum Gasteiger partial charge on any atom is -0.456 e. The van der Waals surface area contributed by atoms with E-state index in [4.69, 9.17) is 29.1 Å². The topological polar surface area (TPSA) is 13.1 Å². The molecule has 0 aliphatic rings. The summed E-state index contributed by atoms with van der Waals surface area (Å²) < 4.78 is 275. The van der Waals surface area contributed by atoms with Crippen LogP contribution in [0, 0.1) is 0 Å². The molecule has 0 unspecified atom stereocenters. The maximum Gasteiger partial charge on any atom is 0.136 e. The van der Waals surface area contributed by atoms with Crippen LogP contribution in [0.1, 0.15) is 41.1 Å². The summed E-state index contributed by atoms with van der Waals surface area (Å²) in [5, 5.41) is -5.10. The van der Waals surface area contributed by atoms with Crippen LogP contribution in [-0.2, 0) is 0 Å². The summed E-state index contributed by atoms with van der Waals surface area (Å²) in [6, 6.07) is -28.6. The lowest BCUT2D eigenvalue weighted by Gasteiger charge is -2.14. The standard InChI is InChI=1S/C48H30O/c1-3-12-31(13-4-1)34-24-26-41-42-27-25-35(30-44(42)40-19-8-7-18-39(40)43(41)29-34)33-16-9-17-36(28-33)38-21-11-23-46-48(38)47-37(20-10-22-45(47)49-46)32-14-5-2-6-15-32/h1-30H/i1D,2D,3D,4D,5D,6D,7D,8D,9D,10D,11D,12D,13D,14D,15D,16D,17D,18D,19D,20D,21D,22D,23D,24D,25D,26D,27D,28D,29D,30D. The van der Waals surface area contributed by atoms with Gasteiger partial charge in [-0.3, -0.25) is 0 Å². The van der Waals surface area contributed by atoms with E-state index in [2.05, 4.69) is 0 Å². The van der Waals surface area contributed by atoms with Crippen molar-refractivity contribution in [3.63, 3.8) is 0 Å². The molecule has 10 rings (SSSR count). The average molecular weight is 653 g/mol. The van der Waals surface area contributed by atoms with E-state index < -0.39 is 280 Å². The van der Waals surface area contributed by atoms with Crippen LogP contribution in [0.25, 0.3) is 98.8 Å². The van der Waals surface area contributed by atoms with Crippen molar-refractivity contribution in [1.29, 1.82) is 0 Å². The first-order valence-corrected chi connectivity index (χ1v) is 14.4. The molecule has 0 amide bonds. The number of benzene rings is 9. The van der Waals surface area contributed by atoms with Gasteiger partial charge in [-0.15, -0.1) is 0 Å². The number of rotatable bonds is 4. The molecule has 1 heterocycles. The molecular weight excluding hydrogens is 593 g/mol. The van der Waals surface area contributed by atoms with Crippen LogP contribution in [0.2, 0.25) is 0 Å². The van der Waals surface area contributed by atoms with Gasteiger partial charge in [-0.2, -0.15) is 0 Å². The van der Waals surface area contributed by atoms with Gasteiger partial charge in [-0.1, -0.05) is 151 Å². The molecule has 49 heavy (non-hydrogen) atoms. The van der Waals surface area contributed by atoms with E-state index in [1.807, 2.05) is 0 Å². The third kappa shape index (κ3) is 4.47. The van der Waals surface area contributed by atoms with Crippen molar-refractivity contribution < 1.29 is 45.5 Å². The molecule has 0 radical (unpaired) electrons. The van der Waals surface area contributed by atoms with Gasteiger partial charge in [0.25, 0.3) is 0 Å². The fraction of sp³-hybridized carbons (Fsp3) is 0. The van der Waals surface area contributed by atoms with Crippen molar-refractivity contribution in [2.75, 3.05) is 0 Å². The van der Waals surface area contributed by atoms with Gasteiger partial charge in [0.15, 0.2) is 0 Å². The Kier molecular flexibility index (Phi) is 2.50. The first-order valence-electron chi connectivity index (χ1n) is 29.4. The number of hydrogen-bond donors (Lipinski definition) is 0. The van der Waals surface area contributed by atoms with Crippen molar-refractivity contribution >= 4 is 54.3 Å². The predicted octanol–water partition coefficient (Wildman–Crippen LogP) is 13.7. The van der Waals surface area contributed by atoms with E-state index in [9.17, 15) is 16.4 Å². The Labute approximate surface area is 326 Å². The van der Waals surface area contributed by atoms with Gasteiger partial charge in [0.1, 0.15) is 11.2 Å². The molecule has 0 bridgehead atoms. The van der Waals surface area contributed by atoms with Gasteiger partial charge < -0.3 is 4.42 Å². The third-order valence-electron chi connectivity index (χ3n) is 7.82. The number of fused-ring (bicyclic) bond motifs is 9. The van der Waals surface area contributed by atoms with Crippen LogP contribution in [0.15, 0.2) is 186 Å². The SMILES string of the molecule is [2H]c1c([2H])c([2H])c(-c2c([2H])c([2H])c3c4c([2H])c([2H])c(-c5c([2H])c([2H])c([2H])c(-c6c([2H])c([2H])c([2H])c7oc8c([2H])c([2H])c([2H])c(-c9c([2H])c([2H])c([2H])c([2H])c9[2H])c8c67)c5[2H])c([2H])c4c4c([2H])c([2H])c([2H])c([2H])c4c3c2[2H])c([2H])c1[2H]. The summed E-state index contributed by atoms with van der Waals surface area (Å²) in [6.45, 7) is 0. The molecule has 0 N–H and O–H groups in total. The Morgan fingerprint density at radius 2 is 0.714 bits per heavy atom. The lowest BCUT2D eigenvalue weighted by Crippen LogP contribution is -1.87. The molecule has 10 aromatic rings. The second kappa shape index (κ2) is 11.1. The minimum atomic E-state index is -1.11. The number of furan rings is 1. The highest BCUT2D eigenvalue weighted by Crippen LogP contribution is 2.43. The summed E-state index contributed by atoms with van der Waals surface area (Å²) >= 11 is 0. The highest BCUT2D eigenvalue weighted by Gasteiger charge is 2.17. The zero-order valence-corrected chi connectivity index (χ0v) is 24.4.